The van der Waals surface area contributed by atoms with Crippen molar-refractivity contribution in [2.75, 3.05) is 13.1 Å². The Morgan fingerprint density at radius 1 is 1.23 bits per heavy atom. The van der Waals surface area contributed by atoms with E-state index in [0.29, 0.717) is 13.1 Å². The molecule has 1 aliphatic rings. The van der Waals surface area contributed by atoms with Crippen molar-refractivity contribution < 1.29 is 14.0 Å². The summed E-state index contributed by atoms with van der Waals surface area (Å²) >= 11 is 0. The number of nitrogens with zero attached hydrogens (tertiary/aromatic N) is 3. The van der Waals surface area contributed by atoms with Gasteiger partial charge in [-0.15, -0.1) is 0 Å². The molecule has 2 aromatic rings. The molecule has 2 heterocycles. The van der Waals surface area contributed by atoms with Gasteiger partial charge >= 0.3 is 0 Å². The number of benzene rings is 1. The number of aromatic nitrogens is 1. The molecule has 2 amide bonds. The van der Waals surface area contributed by atoms with Crippen molar-refractivity contribution >= 4 is 11.8 Å². The first kappa shape index (κ1) is 18.2. The SMILES string of the molecule is CC(=O)N(CC(=O)N1CCn2cccc2C1c1cccc(F)c1)C(C)C. The zero-order valence-corrected chi connectivity index (χ0v) is 15.4. The molecule has 26 heavy (non-hydrogen) atoms. The Morgan fingerprint density at radius 2 is 2.00 bits per heavy atom. The maximum atomic E-state index is 13.8. The Labute approximate surface area is 153 Å². The molecule has 1 aliphatic heterocycles. The van der Waals surface area contributed by atoms with Gasteiger partial charge in [0.25, 0.3) is 0 Å². The Balaban J connectivity index is 1.94. The van der Waals surface area contributed by atoms with E-state index in [4.69, 9.17) is 0 Å². The van der Waals surface area contributed by atoms with Crippen molar-refractivity contribution in [3.8, 4) is 0 Å². The van der Waals surface area contributed by atoms with Crippen molar-refractivity contribution in [3.05, 3.63) is 59.7 Å². The van der Waals surface area contributed by atoms with Crippen LogP contribution in [0.3, 0.4) is 0 Å². The van der Waals surface area contributed by atoms with Crippen molar-refractivity contribution in [1.29, 1.82) is 0 Å². The normalized spacial score (nSPS) is 16.5. The topological polar surface area (TPSA) is 45.6 Å². The lowest BCUT2D eigenvalue weighted by atomic mass is 9.99. The minimum Gasteiger partial charge on any atom is -0.348 e. The average molecular weight is 357 g/mol. The van der Waals surface area contributed by atoms with Gasteiger partial charge in [0.15, 0.2) is 0 Å². The quantitative estimate of drug-likeness (QED) is 0.845. The van der Waals surface area contributed by atoms with E-state index in [1.54, 1.807) is 15.9 Å². The van der Waals surface area contributed by atoms with E-state index in [-0.39, 0.29) is 36.3 Å². The molecule has 0 bridgehead atoms. The summed E-state index contributed by atoms with van der Waals surface area (Å²) in [6, 6.07) is 9.84. The lowest BCUT2D eigenvalue weighted by Gasteiger charge is -2.39. The van der Waals surface area contributed by atoms with E-state index in [1.807, 2.05) is 38.2 Å². The largest absolute Gasteiger partial charge is 0.348 e. The predicted molar refractivity (Wildman–Crippen MR) is 96.9 cm³/mol. The Hall–Kier alpha value is -2.63. The summed E-state index contributed by atoms with van der Waals surface area (Å²) in [7, 11) is 0. The van der Waals surface area contributed by atoms with Gasteiger partial charge in [-0.25, -0.2) is 4.39 Å². The van der Waals surface area contributed by atoms with Crippen LogP contribution in [0, 0.1) is 5.82 Å². The molecule has 0 N–H and O–H groups in total. The molecule has 0 spiro atoms. The van der Waals surface area contributed by atoms with Crippen LogP contribution in [0.15, 0.2) is 42.6 Å². The number of hydrogen-bond donors (Lipinski definition) is 0. The van der Waals surface area contributed by atoms with Crippen LogP contribution in [0.5, 0.6) is 0 Å². The molecule has 3 rings (SSSR count). The summed E-state index contributed by atoms with van der Waals surface area (Å²) < 4.78 is 15.9. The van der Waals surface area contributed by atoms with Gasteiger partial charge in [-0.2, -0.15) is 0 Å². The van der Waals surface area contributed by atoms with Crippen LogP contribution in [0.4, 0.5) is 4.39 Å². The van der Waals surface area contributed by atoms with Crippen molar-refractivity contribution in [1.82, 2.24) is 14.4 Å². The number of amides is 2. The van der Waals surface area contributed by atoms with Crippen LogP contribution < -0.4 is 0 Å². The molecule has 1 atom stereocenters. The van der Waals surface area contributed by atoms with Gasteiger partial charge in [0.2, 0.25) is 11.8 Å². The number of rotatable bonds is 4. The van der Waals surface area contributed by atoms with Gasteiger partial charge in [-0.3, -0.25) is 9.59 Å². The highest BCUT2D eigenvalue weighted by molar-refractivity contribution is 5.84. The molecule has 0 aliphatic carbocycles. The number of fused-ring (bicyclic) bond motifs is 1. The van der Waals surface area contributed by atoms with Crippen molar-refractivity contribution in [3.63, 3.8) is 0 Å². The fourth-order valence-corrected chi connectivity index (χ4v) is 3.57. The smallest absolute Gasteiger partial charge is 0.243 e. The number of carbonyl (C=O) groups excluding carboxylic acids is 2. The van der Waals surface area contributed by atoms with Gasteiger partial charge in [-0.05, 0) is 43.7 Å². The molecule has 1 aromatic heterocycles. The minimum absolute atomic E-state index is 0.0273. The van der Waals surface area contributed by atoms with Crippen LogP contribution in [0.25, 0.3) is 0 Å². The molecule has 138 valence electrons. The molecule has 1 unspecified atom stereocenters. The first-order valence-corrected chi connectivity index (χ1v) is 8.85. The van der Waals surface area contributed by atoms with Crippen LogP contribution in [-0.4, -0.2) is 45.3 Å². The summed E-state index contributed by atoms with van der Waals surface area (Å²) in [6.07, 6.45) is 1.97. The number of hydrogen-bond acceptors (Lipinski definition) is 2. The van der Waals surface area contributed by atoms with Gasteiger partial charge in [0.05, 0.1) is 12.6 Å². The van der Waals surface area contributed by atoms with E-state index in [1.165, 1.54) is 19.1 Å². The zero-order chi connectivity index (χ0) is 18.8. The molecule has 0 fully saturated rings. The maximum absolute atomic E-state index is 13.8. The Kier molecular flexibility index (Phi) is 5.11. The molecular formula is C20H24FN3O2. The third-order valence-corrected chi connectivity index (χ3v) is 4.86. The summed E-state index contributed by atoms with van der Waals surface area (Å²) in [4.78, 5) is 28.2. The third-order valence-electron chi connectivity index (χ3n) is 4.86. The minimum atomic E-state index is -0.358. The summed E-state index contributed by atoms with van der Waals surface area (Å²) in [6.45, 7) is 6.48. The van der Waals surface area contributed by atoms with Gasteiger partial charge in [0.1, 0.15) is 5.82 Å². The van der Waals surface area contributed by atoms with Crippen LogP contribution in [0.1, 0.15) is 38.1 Å². The van der Waals surface area contributed by atoms with Crippen LogP contribution >= 0.6 is 0 Å². The van der Waals surface area contributed by atoms with E-state index in [2.05, 4.69) is 4.57 Å². The van der Waals surface area contributed by atoms with E-state index < -0.39 is 0 Å². The Bertz CT molecular complexity index is 815. The first-order valence-electron chi connectivity index (χ1n) is 8.85. The number of halogens is 1. The maximum Gasteiger partial charge on any atom is 0.243 e. The van der Waals surface area contributed by atoms with Crippen molar-refractivity contribution in [2.24, 2.45) is 0 Å². The fraction of sp³-hybridized carbons (Fsp3) is 0.400. The number of carbonyl (C=O) groups is 2. The van der Waals surface area contributed by atoms with E-state index in [0.717, 1.165) is 11.3 Å². The van der Waals surface area contributed by atoms with Crippen molar-refractivity contribution in [2.45, 2.75) is 39.4 Å². The predicted octanol–water partition coefficient (Wildman–Crippen LogP) is 2.82. The third kappa shape index (κ3) is 3.49. The summed E-state index contributed by atoms with van der Waals surface area (Å²) in [5.74, 6) is -0.585. The molecule has 0 radical (unpaired) electrons. The van der Waals surface area contributed by atoms with Crippen LogP contribution in [-0.2, 0) is 16.1 Å². The molecule has 1 aromatic carbocycles. The van der Waals surface area contributed by atoms with E-state index >= 15 is 0 Å². The summed E-state index contributed by atoms with van der Waals surface area (Å²) in [5, 5.41) is 0. The highest BCUT2D eigenvalue weighted by Crippen LogP contribution is 2.32. The monoisotopic (exact) mass is 357 g/mol. The van der Waals surface area contributed by atoms with Gasteiger partial charge < -0.3 is 14.4 Å². The highest BCUT2D eigenvalue weighted by Gasteiger charge is 2.33. The second-order valence-electron chi connectivity index (χ2n) is 6.91. The second kappa shape index (κ2) is 7.32. The molecule has 5 nitrogen and oxygen atoms in total. The van der Waals surface area contributed by atoms with Gasteiger partial charge in [0, 0.05) is 37.9 Å². The standard InChI is InChI=1S/C20H24FN3O2/c1-14(2)24(15(3)25)13-19(26)23-11-10-22-9-5-8-18(22)20(23)16-6-4-7-17(21)12-16/h4-9,12,14,20H,10-11,13H2,1-3H3. The summed E-state index contributed by atoms with van der Waals surface area (Å²) in [5.41, 5.74) is 1.69. The highest BCUT2D eigenvalue weighted by atomic mass is 19.1. The lowest BCUT2D eigenvalue weighted by Crippen LogP contribution is -2.49. The second-order valence-corrected chi connectivity index (χ2v) is 6.91. The van der Waals surface area contributed by atoms with Crippen LogP contribution in [0.2, 0.25) is 0 Å². The molecule has 0 saturated carbocycles. The zero-order valence-electron chi connectivity index (χ0n) is 15.4. The first-order chi connectivity index (χ1) is 12.4. The Morgan fingerprint density at radius 3 is 2.65 bits per heavy atom. The molecule has 6 heteroatoms. The average Bonchev–Trinajstić information content (AvgIpc) is 3.06. The molecule has 0 saturated heterocycles. The fourth-order valence-electron chi connectivity index (χ4n) is 3.57. The van der Waals surface area contributed by atoms with Gasteiger partial charge in [-0.1, -0.05) is 12.1 Å². The van der Waals surface area contributed by atoms with E-state index in [9.17, 15) is 14.0 Å². The molecular weight excluding hydrogens is 333 g/mol. The lowest BCUT2D eigenvalue weighted by molar-refractivity contribution is -0.142.